The van der Waals surface area contributed by atoms with Crippen molar-refractivity contribution in [1.82, 2.24) is 4.98 Å². The van der Waals surface area contributed by atoms with Crippen molar-refractivity contribution in [3.05, 3.63) is 35.5 Å². The third kappa shape index (κ3) is 1.62. The molecule has 0 aliphatic rings. The minimum atomic E-state index is 0.0660. The normalized spacial score (nSPS) is 10.1. The molecule has 1 aromatic heterocycles. The zero-order chi connectivity index (χ0) is 10.8. The van der Waals surface area contributed by atoms with Crippen molar-refractivity contribution in [2.45, 2.75) is 13.3 Å². The largest absolute Gasteiger partial charge is 0.346 e. The summed E-state index contributed by atoms with van der Waals surface area (Å²) in [5.74, 6) is 0.0660. The third-order valence-electron chi connectivity index (χ3n) is 2.35. The highest BCUT2D eigenvalue weighted by Crippen LogP contribution is 2.22. The number of fused-ring (bicyclic) bond motifs is 1. The standard InChI is InChI=1S/C12H10N2O/c1-8(15)6-10-9-4-2-3-5-11(9)14-12(10)7-13/h2-5,14H,6H2,1H3. The average Bonchev–Trinajstić information content (AvgIpc) is 2.56. The van der Waals surface area contributed by atoms with E-state index in [9.17, 15) is 4.79 Å². The molecule has 1 heterocycles. The van der Waals surface area contributed by atoms with E-state index in [1.165, 1.54) is 6.92 Å². The Kier molecular flexibility index (Phi) is 2.26. The van der Waals surface area contributed by atoms with Gasteiger partial charge < -0.3 is 4.98 Å². The predicted octanol–water partition coefficient (Wildman–Crippen LogP) is 2.17. The molecule has 0 fully saturated rings. The van der Waals surface area contributed by atoms with E-state index in [1.807, 2.05) is 24.3 Å². The fourth-order valence-corrected chi connectivity index (χ4v) is 1.73. The van der Waals surface area contributed by atoms with Crippen LogP contribution in [-0.2, 0) is 11.2 Å². The van der Waals surface area contributed by atoms with Crippen molar-refractivity contribution in [3.8, 4) is 6.07 Å². The molecule has 3 heteroatoms. The van der Waals surface area contributed by atoms with E-state index in [2.05, 4.69) is 11.1 Å². The number of aromatic amines is 1. The molecule has 74 valence electrons. The van der Waals surface area contributed by atoms with Gasteiger partial charge >= 0.3 is 0 Å². The Morgan fingerprint density at radius 2 is 2.20 bits per heavy atom. The second-order valence-corrected chi connectivity index (χ2v) is 3.51. The number of carbonyl (C=O) groups is 1. The van der Waals surface area contributed by atoms with E-state index < -0.39 is 0 Å². The van der Waals surface area contributed by atoms with Gasteiger partial charge in [-0.1, -0.05) is 18.2 Å². The molecule has 2 aromatic rings. The summed E-state index contributed by atoms with van der Waals surface area (Å²) >= 11 is 0. The van der Waals surface area contributed by atoms with Gasteiger partial charge in [-0.05, 0) is 13.0 Å². The number of carbonyl (C=O) groups excluding carboxylic acids is 1. The number of nitrogens with one attached hydrogen (secondary N) is 1. The van der Waals surface area contributed by atoms with Crippen LogP contribution >= 0.6 is 0 Å². The predicted molar refractivity (Wildman–Crippen MR) is 57.4 cm³/mol. The molecule has 0 unspecified atom stereocenters. The van der Waals surface area contributed by atoms with E-state index in [-0.39, 0.29) is 5.78 Å². The molecule has 0 saturated heterocycles. The maximum absolute atomic E-state index is 11.1. The molecule has 0 aliphatic carbocycles. The summed E-state index contributed by atoms with van der Waals surface area (Å²) in [6, 6.07) is 9.71. The molecule has 1 N–H and O–H groups in total. The summed E-state index contributed by atoms with van der Waals surface area (Å²) in [6.45, 7) is 1.53. The highest BCUT2D eigenvalue weighted by molar-refractivity contribution is 5.90. The summed E-state index contributed by atoms with van der Waals surface area (Å²) in [4.78, 5) is 14.1. The molecule has 0 aliphatic heterocycles. The quantitative estimate of drug-likeness (QED) is 0.803. The molecule has 0 atom stereocenters. The first-order chi connectivity index (χ1) is 7.22. The number of ketones is 1. The van der Waals surface area contributed by atoms with Crippen LogP contribution in [0.2, 0.25) is 0 Å². The number of para-hydroxylation sites is 1. The lowest BCUT2D eigenvalue weighted by atomic mass is 10.1. The van der Waals surface area contributed by atoms with Crippen molar-refractivity contribution in [2.24, 2.45) is 0 Å². The molecule has 2 rings (SSSR count). The van der Waals surface area contributed by atoms with Gasteiger partial charge in [0.05, 0.1) is 0 Å². The lowest BCUT2D eigenvalue weighted by molar-refractivity contribution is -0.116. The zero-order valence-corrected chi connectivity index (χ0v) is 8.37. The van der Waals surface area contributed by atoms with E-state index in [0.29, 0.717) is 12.1 Å². The van der Waals surface area contributed by atoms with Crippen LogP contribution in [0, 0.1) is 11.3 Å². The number of hydrogen-bond acceptors (Lipinski definition) is 2. The van der Waals surface area contributed by atoms with Gasteiger partial charge in [0.2, 0.25) is 0 Å². The molecule has 3 nitrogen and oxygen atoms in total. The fraction of sp³-hybridized carbons (Fsp3) is 0.167. The van der Waals surface area contributed by atoms with Crippen LogP contribution in [0.4, 0.5) is 0 Å². The fourth-order valence-electron chi connectivity index (χ4n) is 1.73. The van der Waals surface area contributed by atoms with Gasteiger partial charge in [0.25, 0.3) is 0 Å². The highest BCUT2D eigenvalue weighted by Gasteiger charge is 2.11. The van der Waals surface area contributed by atoms with E-state index in [0.717, 1.165) is 16.5 Å². The second-order valence-electron chi connectivity index (χ2n) is 3.51. The van der Waals surface area contributed by atoms with Crippen LogP contribution in [0.25, 0.3) is 10.9 Å². The van der Waals surface area contributed by atoms with Crippen LogP contribution in [0.3, 0.4) is 0 Å². The first-order valence-corrected chi connectivity index (χ1v) is 4.71. The van der Waals surface area contributed by atoms with Gasteiger partial charge in [0, 0.05) is 22.9 Å². The number of Topliss-reactive ketones (excluding diaryl/α,β-unsaturated/α-hetero) is 1. The van der Waals surface area contributed by atoms with Crippen LogP contribution < -0.4 is 0 Å². The maximum atomic E-state index is 11.1. The van der Waals surface area contributed by atoms with Gasteiger partial charge in [-0.15, -0.1) is 0 Å². The number of aromatic nitrogens is 1. The lowest BCUT2D eigenvalue weighted by Crippen LogP contribution is -1.97. The van der Waals surface area contributed by atoms with Gasteiger partial charge in [-0.3, -0.25) is 4.79 Å². The van der Waals surface area contributed by atoms with Crippen molar-refractivity contribution >= 4 is 16.7 Å². The summed E-state index contributed by atoms with van der Waals surface area (Å²) in [6.07, 6.45) is 0.312. The molecular formula is C12H10N2O. The first-order valence-electron chi connectivity index (χ1n) is 4.71. The Hall–Kier alpha value is -2.08. The lowest BCUT2D eigenvalue weighted by Gasteiger charge is -1.95. The Morgan fingerprint density at radius 3 is 2.87 bits per heavy atom. The van der Waals surface area contributed by atoms with Gasteiger partial charge in [-0.25, -0.2) is 0 Å². The van der Waals surface area contributed by atoms with Crippen LogP contribution in [-0.4, -0.2) is 10.8 Å². The van der Waals surface area contributed by atoms with Crippen molar-refractivity contribution in [2.75, 3.05) is 0 Å². The maximum Gasteiger partial charge on any atom is 0.134 e. The Morgan fingerprint density at radius 1 is 1.47 bits per heavy atom. The average molecular weight is 198 g/mol. The van der Waals surface area contributed by atoms with E-state index >= 15 is 0 Å². The van der Waals surface area contributed by atoms with E-state index in [1.54, 1.807) is 0 Å². The number of benzene rings is 1. The van der Waals surface area contributed by atoms with Crippen molar-refractivity contribution < 1.29 is 4.79 Å². The minimum absolute atomic E-state index is 0.0660. The molecule has 0 spiro atoms. The van der Waals surface area contributed by atoms with Crippen molar-refractivity contribution in [3.63, 3.8) is 0 Å². The molecular weight excluding hydrogens is 188 g/mol. The van der Waals surface area contributed by atoms with Crippen LogP contribution in [0.1, 0.15) is 18.2 Å². The monoisotopic (exact) mass is 198 g/mol. The SMILES string of the molecule is CC(=O)Cc1c(C#N)[nH]c2ccccc12. The molecule has 1 aromatic carbocycles. The Balaban J connectivity index is 2.68. The molecule has 0 saturated carbocycles. The van der Waals surface area contributed by atoms with Crippen LogP contribution in [0.5, 0.6) is 0 Å². The Labute approximate surface area is 87.3 Å². The number of nitrogens with zero attached hydrogens (tertiary/aromatic N) is 1. The summed E-state index contributed by atoms with van der Waals surface area (Å²) < 4.78 is 0. The summed E-state index contributed by atoms with van der Waals surface area (Å²) in [5, 5.41) is 9.90. The topological polar surface area (TPSA) is 56.6 Å². The summed E-state index contributed by atoms with van der Waals surface area (Å²) in [5.41, 5.74) is 2.21. The second kappa shape index (κ2) is 3.58. The third-order valence-corrected chi connectivity index (χ3v) is 2.35. The highest BCUT2D eigenvalue weighted by atomic mass is 16.1. The van der Waals surface area contributed by atoms with Crippen LogP contribution in [0.15, 0.2) is 24.3 Å². The van der Waals surface area contributed by atoms with E-state index in [4.69, 9.17) is 5.26 Å². The number of hydrogen-bond donors (Lipinski definition) is 1. The van der Waals surface area contributed by atoms with Crippen molar-refractivity contribution in [1.29, 1.82) is 5.26 Å². The molecule has 0 amide bonds. The molecule has 0 bridgehead atoms. The summed E-state index contributed by atoms with van der Waals surface area (Å²) in [7, 11) is 0. The number of nitriles is 1. The minimum Gasteiger partial charge on any atom is -0.346 e. The molecule has 15 heavy (non-hydrogen) atoms. The number of H-pyrrole nitrogens is 1. The number of rotatable bonds is 2. The van der Waals surface area contributed by atoms with Gasteiger partial charge in [-0.2, -0.15) is 5.26 Å². The Bertz CT molecular complexity index is 560. The smallest absolute Gasteiger partial charge is 0.134 e. The first kappa shape index (κ1) is 9.47. The van der Waals surface area contributed by atoms with Gasteiger partial charge in [0.1, 0.15) is 17.5 Å². The zero-order valence-electron chi connectivity index (χ0n) is 8.37. The molecule has 0 radical (unpaired) electrons. The van der Waals surface area contributed by atoms with Gasteiger partial charge in [0.15, 0.2) is 0 Å².